The Hall–Kier alpha value is -2.48. The summed E-state index contributed by atoms with van der Waals surface area (Å²) in [5, 5.41) is 4.53. The summed E-state index contributed by atoms with van der Waals surface area (Å²) >= 11 is 1.09. The van der Waals surface area contributed by atoms with Gasteiger partial charge in [0.05, 0.1) is 16.5 Å². The Morgan fingerprint density at radius 3 is 2.44 bits per heavy atom. The molecule has 0 saturated heterocycles. The summed E-state index contributed by atoms with van der Waals surface area (Å²) in [6.45, 7) is 3.83. The number of rotatable bonds is 3. The second-order valence-corrected chi connectivity index (χ2v) is 7.68. The van der Waals surface area contributed by atoms with Gasteiger partial charge >= 0.3 is 6.18 Å². The van der Waals surface area contributed by atoms with Crippen LogP contribution in [0, 0.1) is 13.8 Å². The number of carbonyl (C=O) groups excluding carboxylic acids is 2. The Kier molecular flexibility index (Phi) is 5.19. The number of hydrogen-bond donors (Lipinski definition) is 2. The van der Waals surface area contributed by atoms with Gasteiger partial charge in [0.25, 0.3) is 0 Å². The molecule has 0 unspecified atom stereocenters. The van der Waals surface area contributed by atoms with Crippen molar-refractivity contribution in [1.82, 2.24) is 0 Å². The fourth-order valence-corrected chi connectivity index (χ4v) is 3.98. The Bertz CT molecular complexity index is 892. The highest BCUT2D eigenvalue weighted by molar-refractivity contribution is 8.01. The van der Waals surface area contributed by atoms with Crippen LogP contribution >= 0.6 is 11.8 Å². The van der Waals surface area contributed by atoms with Crippen LogP contribution in [-0.4, -0.2) is 17.1 Å². The normalized spacial score (nSPS) is 16.5. The molecule has 1 atom stereocenters. The SMILES string of the molecule is Cc1cc(C)cc(NC(=O)C[C@@H]2Sc3ccc(C(F)(F)F)cc3NC2=O)c1. The molecule has 1 aliphatic rings. The molecule has 0 saturated carbocycles. The topological polar surface area (TPSA) is 58.2 Å². The maximum absolute atomic E-state index is 12.8. The van der Waals surface area contributed by atoms with E-state index in [0.717, 1.165) is 35.0 Å². The number of thioether (sulfide) groups is 1. The van der Waals surface area contributed by atoms with E-state index in [1.54, 1.807) is 0 Å². The smallest absolute Gasteiger partial charge is 0.326 e. The van der Waals surface area contributed by atoms with Crippen LogP contribution in [0.2, 0.25) is 0 Å². The van der Waals surface area contributed by atoms with E-state index in [1.807, 2.05) is 32.0 Å². The van der Waals surface area contributed by atoms with E-state index in [2.05, 4.69) is 10.6 Å². The van der Waals surface area contributed by atoms with Gasteiger partial charge in [0, 0.05) is 17.0 Å². The molecule has 8 heteroatoms. The van der Waals surface area contributed by atoms with Crippen LogP contribution in [0.5, 0.6) is 0 Å². The number of hydrogen-bond acceptors (Lipinski definition) is 3. The van der Waals surface area contributed by atoms with Gasteiger partial charge in [0.1, 0.15) is 0 Å². The molecule has 0 spiro atoms. The number of amides is 2. The maximum atomic E-state index is 12.8. The second kappa shape index (κ2) is 7.26. The van der Waals surface area contributed by atoms with Crippen molar-refractivity contribution in [3.63, 3.8) is 0 Å². The van der Waals surface area contributed by atoms with Gasteiger partial charge < -0.3 is 10.6 Å². The summed E-state index contributed by atoms with van der Waals surface area (Å²) in [6, 6.07) is 8.82. The van der Waals surface area contributed by atoms with Gasteiger partial charge in [-0.15, -0.1) is 11.8 Å². The standard InChI is InChI=1S/C19H17F3N2O2S/c1-10-5-11(2)7-13(6-10)23-17(25)9-16-18(26)24-14-8-12(19(20,21)22)3-4-15(14)27-16/h3-8,16H,9H2,1-2H3,(H,23,25)(H,24,26)/t16-/m0/s1. The molecule has 142 valence electrons. The van der Waals surface area contributed by atoms with Crippen LogP contribution in [0.3, 0.4) is 0 Å². The minimum absolute atomic E-state index is 0.0794. The average molecular weight is 394 g/mol. The number of halogens is 3. The van der Waals surface area contributed by atoms with Gasteiger partial charge in [-0.05, 0) is 55.3 Å². The van der Waals surface area contributed by atoms with Gasteiger partial charge in [-0.25, -0.2) is 0 Å². The van der Waals surface area contributed by atoms with Crippen LogP contribution in [0.25, 0.3) is 0 Å². The van der Waals surface area contributed by atoms with Crippen molar-refractivity contribution in [2.45, 2.75) is 36.6 Å². The number of alkyl halides is 3. The van der Waals surface area contributed by atoms with E-state index in [1.165, 1.54) is 6.07 Å². The van der Waals surface area contributed by atoms with Crippen molar-refractivity contribution in [3.8, 4) is 0 Å². The first-order valence-corrected chi connectivity index (χ1v) is 9.07. The van der Waals surface area contributed by atoms with E-state index < -0.39 is 22.9 Å². The summed E-state index contributed by atoms with van der Waals surface area (Å²) in [6.07, 6.45) is -4.56. The Labute approximate surface area is 158 Å². The van der Waals surface area contributed by atoms with Crippen LogP contribution in [-0.2, 0) is 15.8 Å². The molecule has 0 aliphatic carbocycles. The van der Waals surface area contributed by atoms with E-state index in [4.69, 9.17) is 0 Å². The Balaban J connectivity index is 1.70. The lowest BCUT2D eigenvalue weighted by Gasteiger charge is -2.24. The molecule has 2 aromatic rings. The third kappa shape index (κ3) is 4.63. The summed E-state index contributed by atoms with van der Waals surface area (Å²) in [7, 11) is 0. The minimum atomic E-state index is -4.48. The molecule has 2 aromatic carbocycles. The molecule has 0 aromatic heterocycles. The van der Waals surface area contributed by atoms with E-state index in [9.17, 15) is 22.8 Å². The minimum Gasteiger partial charge on any atom is -0.326 e. The molecular weight excluding hydrogens is 377 g/mol. The highest BCUT2D eigenvalue weighted by Crippen LogP contribution is 2.40. The zero-order valence-electron chi connectivity index (χ0n) is 14.6. The number of benzene rings is 2. The van der Waals surface area contributed by atoms with E-state index in [-0.39, 0.29) is 18.0 Å². The average Bonchev–Trinajstić information content (AvgIpc) is 2.53. The third-order valence-corrected chi connectivity index (χ3v) is 5.28. The van der Waals surface area contributed by atoms with Crippen LogP contribution in [0.4, 0.5) is 24.5 Å². The molecular formula is C19H17F3N2O2S. The molecule has 1 aliphatic heterocycles. The van der Waals surface area contributed by atoms with E-state index in [0.29, 0.717) is 10.6 Å². The lowest BCUT2D eigenvalue weighted by molar-refractivity contribution is -0.137. The molecule has 2 N–H and O–H groups in total. The van der Waals surface area contributed by atoms with Crippen molar-refractivity contribution in [2.75, 3.05) is 10.6 Å². The third-order valence-electron chi connectivity index (χ3n) is 4.00. The van der Waals surface area contributed by atoms with Crippen molar-refractivity contribution in [3.05, 3.63) is 53.1 Å². The summed E-state index contributed by atoms with van der Waals surface area (Å²) < 4.78 is 38.4. The van der Waals surface area contributed by atoms with Crippen LogP contribution in [0.15, 0.2) is 41.3 Å². The highest BCUT2D eigenvalue weighted by atomic mass is 32.2. The van der Waals surface area contributed by atoms with Gasteiger partial charge in [0.15, 0.2) is 0 Å². The first-order valence-electron chi connectivity index (χ1n) is 8.19. The molecule has 1 heterocycles. The molecule has 27 heavy (non-hydrogen) atoms. The van der Waals surface area contributed by atoms with E-state index >= 15 is 0 Å². The lowest BCUT2D eigenvalue weighted by atomic mass is 10.1. The Morgan fingerprint density at radius 2 is 1.81 bits per heavy atom. The number of fused-ring (bicyclic) bond motifs is 1. The van der Waals surface area contributed by atoms with Gasteiger partial charge in [-0.1, -0.05) is 6.07 Å². The van der Waals surface area contributed by atoms with Crippen LogP contribution in [0.1, 0.15) is 23.1 Å². The summed E-state index contributed by atoms with van der Waals surface area (Å²) in [4.78, 5) is 25.0. The largest absolute Gasteiger partial charge is 0.416 e. The quantitative estimate of drug-likeness (QED) is 0.789. The summed E-state index contributed by atoms with van der Waals surface area (Å²) in [5.74, 6) is -0.814. The maximum Gasteiger partial charge on any atom is 0.416 e. The van der Waals surface area contributed by atoms with Crippen molar-refractivity contribution < 1.29 is 22.8 Å². The molecule has 4 nitrogen and oxygen atoms in total. The predicted molar refractivity (Wildman–Crippen MR) is 98.9 cm³/mol. The molecule has 3 rings (SSSR count). The zero-order chi connectivity index (χ0) is 19.8. The number of carbonyl (C=O) groups is 2. The fourth-order valence-electron chi connectivity index (χ4n) is 2.89. The monoisotopic (exact) mass is 394 g/mol. The molecule has 0 fully saturated rings. The van der Waals surface area contributed by atoms with Gasteiger partial charge in [0.2, 0.25) is 11.8 Å². The fraction of sp³-hybridized carbons (Fsp3) is 0.263. The Morgan fingerprint density at radius 1 is 1.15 bits per heavy atom. The van der Waals surface area contributed by atoms with Gasteiger partial charge in [-0.2, -0.15) is 13.2 Å². The number of aryl methyl sites for hydroxylation is 2. The van der Waals surface area contributed by atoms with Crippen molar-refractivity contribution in [2.24, 2.45) is 0 Å². The molecule has 2 amide bonds. The summed E-state index contributed by atoms with van der Waals surface area (Å²) in [5.41, 5.74) is 1.95. The molecule has 0 radical (unpaired) electrons. The highest BCUT2D eigenvalue weighted by Gasteiger charge is 2.34. The van der Waals surface area contributed by atoms with Gasteiger partial charge in [-0.3, -0.25) is 9.59 Å². The zero-order valence-corrected chi connectivity index (χ0v) is 15.4. The second-order valence-electron chi connectivity index (χ2n) is 6.43. The lowest BCUT2D eigenvalue weighted by Crippen LogP contribution is -2.32. The first kappa shape index (κ1) is 19.3. The van der Waals surface area contributed by atoms with Crippen molar-refractivity contribution >= 4 is 35.0 Å². The number of anilines is 2. The van der Waals surface area contributed by atoms with Crippen molar-refractivity contribution in [1.29, 1.82) is 0 Å². The molecule has 0 bridgehead atoms. The van der Waals surface area contributed by atoms with Crippen LogP contribution < -0.4 is 10.6 Å². The number of nitrogens with one attached hydrogen (secondary N) is 2. The first-order chi connectivity index (χ1) is 12.6. The predicted octanol–water partition coefficient (Wildman–Crippen LogP) is 4.76.